The van der Waals surface area contributed by atoms with Crippen LogP contribution in [-0.2, 0) is 51.4 Å². The number of nitrogens with one attached hydrogen (secondary N) is 4. The summed E-state index contributed by atoms with van der Waals surface area (Å²) in [5.74, 6) is 0. The van der Waals surface area contributed by atoms with Gasteiger partial charge in [-0.15, -0.1) is 0 Å². The second-order valence-corrected chi connectivity index (χ2v) is 15.1. The summed E-state index contributed by atoms with van der Waals surface area (Å²) in [7, 11) is 0. The summed E-state index contributed by atoms with van der Waals surface area (Å²) in [5, 5.41) is 0. The van der Waals surface area contributed by atoms with Gasteiger partial charge in [-0.3, -0.25) is 0 Å². The maximum Gasteiger partial charge on any atom is 0.0911 e. The van der Waals surface area contributed by atoms with Crippen LogP contribution in [0.4, 0.5) is 0 Å². The first-order valence-electron chi connectivity index (χ1n) is 21.6. The molecular weight excluding hydrogens is 661 g/mol. The molecule has 2 aliphatic rings. The molecule has 0 unspecified atom stereocenters. The number of aryl methyl sites for hydroxylation is 8. The minimum Gasteiger partial charge on any atom is -0.352 e. The zero-order valence-corrected chi connectivity index (χ0v) is 35.4. The molecule has 0 saturated carbocycles. The van der Waals surface area contributed by atoms with Gasteiger partial charge >= 0.3 is 0 Å². The van der Waals surface area contributed by atoms with E-state index >= 15 is 0 Å². The van der Waals surface area contributed by atoms with Crippen molar-refractivity contribution in [2.24, 2.45) is 0 Å². The third kappa shape index (κ3) is 5.33. The van der Waals surface area contributed by atoms with Crippen LogP contribution in [0.5, 0.6) is 0 Å². The fraction of sp³-hybridized carbons (Fsp3) is 0.500. The second-order valence-electron chi connectivity index (χ2n) is 15.1. The van der Waals surface area contributed by atoms with Crippen LogP contribution in [0, 0.1) is 0 Å². The minimum absolute atomic E-state index is 0.942. The molecule has 0 fully saturated rings. The van der Waals surface area contributed by atoms with Crippen molar-refractivity contribution in [3.05, 3.63) is 67.3 Å². The van der Waals surface area contributed by atoms with Gasteiger partial charge in [0, 0.05) is 0 Å². The average Bonchev–Trinajstić information content (AvgIpc) is 4.03. The Kier molecular flexibility index (Phi) is 10.6. The van der Waals surface area contributed by atoms with Crippen LogP contribution in [0.3, 0.4) is 0 Å². The van der Waals surface area contributed by atoms with Crippen LogP contribution in [0.1, 0.15) is 176 Å². The summed E-state index contributed by atoms with van der Waals surface area (Å²) in [6.07, 6.45) is 11.4. The van der Waals surface area contributed by atoms with Gasteiger partial charge in [-0.2, -0.15) is 0 Å². The summed E-state index contributed by atoms with van der Waals surface area (Å²) in [5.41, 5.74) is 31.0. The van der Waals surface area contributed by atoms with Crippen molar-refractivity contribution < 1.29 is 0 Å². The first-order valence-corrected chi connectivity index (χ1v) is 21.6. The lowest BCUT2D eigenvalue weighted by atomic mass is 9.96. The van der Waals surface area contributed by atoms with E-state index in [9.17, 15) is 0 Å². The molecule has 6 heteroatoms. The third-order valence-electron chi connectivity index (χ3n) is 12.9. The third-order valence-corrected chi connectivity index (χ3v) is 12.9. The zero-order chi connectivity index (χ0) is 38.6. The molecule has 4 N–H and O–H groups in total. The summed E-state index contributed by atoms with van der Waals surface area (Å²) in [4.78, 5) is 27.9. The van der Waals surface area contributed by atoms with Crippen LogP contribution in [0.25, 0.3) is 66.4 Å². The Hall–Kier alpha value is -4.32. The molecule has 7 heterocycles. The second kappa shape index (κ2) is 15.1. The Morgan fingerprint density at radius 1 is 0.241 bits per heavy atom. The van der Waals surface area contributed by atoms with Gasteiger partial charge in [0.05, 0.1) is 66.9 Å². The van der Waals surface area contributed by atoms with Crippen LogP contribution in [0.15, 0.2) is 0 Å². The monoisotopic (exact) mass is 725 g/mol. The van der Waals surface area contributed by atoms with Gasteiger partial charge in [0.25, 0.3) is 0 Å². The molecule has 0 amide bonds. The smallest absolute Gasteiger partial charge is 0.0911 e. The van der Waals surface area contributed by atoms with Gasteiger partial charge < -0.3 is 19.9 Å². The molecule has 286 valence electrons. The van der Waals surface area contributed by atoms with Crippen molar-refractivity contribution in [1.29, 1.82) is 0 Å². The fourth-order valence-corrected chi connectivity index (χ4v) is 10.5. The lowest BCUT2D eigenvalue weighted by molar-refractivity contribution is 1.06. The molecule has 0 aromatic carbocycles. The maximum atomic E-state index is 5.73. The van der Waals surface area contributed by atoms with Crippen LogP contribution in [-0.4, -0.2) is 29.9 Å². The van der Waals surface area contributed by atoms with Gasteiger partial charge in [0.2, 0.25) is 0 Å². The topological polar surface area (TPSA) is 88.9 Å². The van der Waals surface area contributed by atoms with E-state index in [2.05, 4.69) is 103 Å². The van der Waals surface area contributed by atoms with E-state index in [-0.39, 0.29) is 0 Å². The van der Waals surface area contributed by atoms with Gasteiger partial charge in [0.1, 0.15) is 0 Å². The normalized spacial score (nSPS) is 13.6. The Morgan fingerprint density at radius 2 is 0.407 bits per heavy atom. The van der Waals surface area contributed by atoms with Gasteiger partial charge in [0.15, 0.2) is 0 Å². The quantitative estimate of drug-likeness (QED) is 0.103. The van der Waals surface area contributed by atoms with Crippen molar-refractivity contribution >= 4 is 66.4 Å². The molecule has 2 aliphatic heterocycles. The molecule has 5 aromatic heterocycles. The number of fused-ring (bicyclic) bond motifs is 18. The standard InChI is InChI=1S/C48H64N6/c1-13-25-26(14-2)38-40-29(17-5)30(18-6)43(51-40)44-33(21-9)34(22-10)47(53-44)48-36(24-12)35(23-11)46(54-48)45-32(20-8)31(19-7)42(52-45)41-28(16-4)27(15-3)39(50-41)37(25)49-38/h49-50,53-54H,13-24H2,1-12H3. The molecule has 0 atom stereocenters. The minimum atomic E-state index is 0.942. The van der Waals surface area contributed by atoms with Crippen LogP contribution in [0.2, 0.25) is 0 Å². The van der Waals surface area contributed by atoms with E-state index in [4.69, 9.17) is 9.97 Å². The van der Waals surface area contributed by atoms with E-state index in [0.717, 1.165) is 99.8 Å². The number of aromatic amines is 4. The largest absolute Gasteiger partial charge is 0.352 e. The molecule has 12 bridgehead atoms. The first kappa shape index (κ1) is 38.0. The highest BCUT2D eigenvalue weighted by molar-refractivity contribution is 6.06. The van der Waals surface area contributed by atoms with E-state index in [1.165, 1.54) is 111 Å². The predicted molar refractivity (Wildman–Crippen MR) is 235 cm³/mol. The van der Waals surface area contributed by atoms with Crippen molar-refractivity contribution in [3.8, 4) is 0 Å². The Balaban J connectivity index is 1.88. The molecule has 6 nitrogen and oxygen atoms in total. The average molecular weight is 725 g/mol. The summed E-state index contributed by atoms with van der Waals surface area (Å²) >= 11 is 0. The molecule has 0 radical (unpaired) electrons. The van der Waals surface area contributed by atoms with Crippen LogP contribution < -0.4 is 0 Å². The zero-order valence-electron chi connectivity index (χ0n) is 35.4. The molecular formula is C48H64N6. The Morgan fingerprint density at radius 3 is 0.556 bits per heavy atom. The highest BCUT2D eigenvalue weighted by Crippen LogP contribution is 2.45. The summed E-state index contributed by atoms with van der Waals surface area (Å²) < 4.78 is 0. The molecule has 0 aliphatic carbocycles. The van der Waals surface area contributed by atoms with Crippen molar-refractivity contribution in [3.63, 3.8) is 0 Å². The SMILES string of the molecule is CCC1=C(CC)c2nc1c1[nH]c(c(CC)c1CC)c1[nH]c(c3nc(c4[nH]c(c(CC)c4CC)c4[nH]c2c(CC)c4CC)C(CC)=C3CC)c(CC)c1CC. The Bertz CT molecular complexity index is 2170. The molecule has 0 spiro atoms. The van der Waals surface area contributed by atoms with Crippen LogP contribution >= 0.6 is 0 Å². The number of rotatable bonds is 12. The van der Waals surface area contributed by atoms with E-state index in [1.807, 2.05) is 0 Å². The number of H-pyrrole nitrogens is 4. The van der Waals surface area contributed by atoms with E-state index in [1.54, 1.807) is 0 Å². The highest BCUT2D eigenvalue weighted by atomic mass is 14.9. The predicted octanol–water partition coefficient (Wildman–Crippen LogP) is 13.2. The fourth-order valence-electron chi connectivity index (χ4n) is 10.5. The lowest BCUT2D eigenvalue weighted by Crippen LogP contribution is -1.91. The van der Waals surface area contributed by atoms with Gasteiger partial charge in [-0.1, -0.05) is 83.1 Å². The van der Waals surface area contributed by atoms with Gasteiger partial charge in [-0.05, 0) is 144 Å². The van der Waals surface area contributed by atoms with Crippen molar-refractivity contribution in [2.45, 2.75) is 160 Å². The van der Waals surface area contributed by atoms with E-state index in [0.29, 0.717) is 0 Å². The summed E-state index contributed by atoms with van der Waals surface area (Å²) in [6.45, 7) is 27.8. The summed E-state index contributed by atoms with van der Waals surface area (Å²) in [6, 6.07) is 0. The Labute approximate surface area is 322 Å². The van der Waals surface area contributed by atoms with Crippen molar-refractivity contribution in [1.82, 2.24) is 29.9 Å². The highest BCUT2D eigenvalue weighted by Gasteiger charge is 2.29. The first-order chi connectivity index (χ1) is 26.3. The van der Waals surface area contributed by atoms with Crippen molar-refractivity contribution in [2.75, 3.05) is 0 Å². The maximum absolute atomic E-state index is 5.73. The van der Waals surface area contributed by atoms with E-state index < -0.39 is 0 Å². The number of hydrogen-bond donors (Lipinski definition) is 4. The number of aromatic nitrogens is 6. The molecule has 7 rings (SSSR count). The molecule has 54 heavy (non-hydrogen) atoms. The lowest BCUT2D eigenvalue weighted by Gasteiger charge is -2.06. The molecule has 0 saturated heterocycles. The number of hydrogen-bond acceptors (Lipinski definition) is 2. The van der Waals surface area contributed by atoms with Gasteiger partial charge in [-0.25, -0.2) is 9.97 Å². The molecule has 5 aromatic rings. The number of nitrogens with zero attached hydrogens (tertiary/aromatic N) is 2. The number of allylic oxidation sites excluding steroid dienone is 4.